The molecule has 0 fully saturated rings. The molecule has 3 rings (SSSR count). The lowest BCUT2D eigenvalue weighted by Gasteiger charge is -2.18. The van der Waals surface area contributed by atoms with E-state index >= 15 is 0 Å². The highest BCUT2D eigenvalue weighted by Crippen LogP contribution is 2.43. The molecule has 1 unspecified atom stereocenters. The van der Waals surface area contributed by atoms with Crippen molar-refractivity contribution < 1.29 is 23.1 Å². The van der Waals surface area contributed by atoms with Crippen molar-refractivity contribution >= 4 is 34.0 Å². The predicted molar refractivity (Wildman–Crippen MR) is 101 cm³/mol. The molecule has 2 aromatic carbocycles. The molecule has 0 saturated heterocycles. The summed E-state index contributed by atoms with van der Waals surface area (Å²) < 4.78 is 34.8. The first-order valence-electron chi connectivity index (χ1n) is 7.82. The summed E-state index contributed by atoms with van der Waals surface area (Å²) in [6.45, 7) is 0. The zero-order valence-corrected chi connectivity index (χ0v) is 15.6. The average molecular weight is 391 g/mol. The third-order valence-corrected chi connectivity index (χ3v) is 6.72. The van der Waals surface area contributed by atoms with Crippen molar-refractivity contribution in [1.82, 2.24) is 0 Å². The zero-order chi connectivity index (χ0) is 18.7. The lowest BCUT2D eigenvalue weighted by molar-refractivity contribution is 0.0692. The van der Waals surface area contributed by atoms with Crippen LogP contribution in [0.1, 0.15) is 33.2 Å². The van der Waals surface area contributed by atoms with Crippen LogP contribution < -0.4 is 4.74 Å². The van der Waals surface area contributed by atoms with E-state index in [0.29, 0.717) is 12.0 Å². The third-order valence-electron chi connectivity index (χ3n) is 4.07. The van der Waals surface area contributed by atoms with Gasteiger partial charge in [-0.25, -0.2) is 17.6 Å². The number of hydrogen-bond acceptors (Lipinski definition) is 6. The lowest BCUT2D eigenvalue weighted by atomic mass is 9.99. The van der Waals surface area contributed by atoms with E-state index in [4.69, 9.17) is 4.74 Å². The molecule has 0 aromatic heterocycles. The number of sulfone groups is 1. The Balaban J connectivity index is 2.06. The number of rotatable bonds is 6. The molecule has 1 aliphatic rings. The molecule has 26 heavy (non-hydrogen) atoms. The van der Waals surface area contributed by atoms with Crippen molar-refractivity contribution in [3.63, 3.8) is 0 Å². The van der Waals surface area contributed by atoms with E-state index in [9.17, 15) is 18.3 Å². The van der Waals surface area contributed by atoms with Crippen LogP contribution in [0, 0.1) is 0 Å². The summed E-state index contributed by atoms with van der Waals surface area (Å²) in [5, 5.41) is 9.66. The number of hydrogen-bond donors (Lipinski definition) is 1. The van der Waals surface area contributed by atoms with Crippen LogP contribution >= 0.6 is 11.9 Å². The van der Waals surface area contributed by atoms with Gasteiger partial charge in [0.15, 0.2) is 9.84 Å². The van der Waals surface area contributed by atoms with Crippen LogP contribution in [0.25, 0.3) is 0 Å². The van der Waals surface area contributed by atoms with Crippen molar-refractivity contribution in [2.45, 2.75) is 22.3 Å². The zero-order valence-electron chi connectivity index (χ0n) is 14.0. The summed E-state index contributed by atoms with van der Waals surface area (Å²) in [6.07, 6.45) is 2.44. The van der Waals surface area contributed by atoms with Crippen LogP contribution in [0.5, 0.6) is 5.75 Å². The fraction of sp³-hybridized carbons (Fsp3) is 0.222. The van der Waals surface area contributed by atoms with Crippen molar-refractivity contribution in [3.8, 4) is 5.75 Å². The molecule has 0 bridgehead atoms. The standard InChI is InChI=1S/C18H17NO5S2/c1-24-17-14(15-9-10-19-25-15)8-7-12(16(17)18(20)21)11-26(22,23)13-5-3-2-4-6-13/h2-8,10,15H,9,11H2,1H3,(H,20,21). The monoisotopic (exact) mass is 391 g/mol. The molecule has 0 radical (unpaired) electrons. The van der Waals surface area contributed by atoms with E-state index in [1.54, 1.807) is 36.5 Å². The molecular formula is C18H17NO5S2. The number of carboxylic acid groups (broad SMARTS) is 1. The summed E-state index contributed by atoms with van der Waals surface area (Å²) in [7, 11) is -2.28. The Bertz CT molecular complexity index is 947. The Morgan fingerprint density at radius 1 is 1.27 bits per heavy atom. The fourth-order valence-electron chi connectivity index (χ4n) is 2.87. The number of carbonyl (C=O) groups is 1. The number of aromatic carboxylic acids is 1. The van der Waals surface area contributed by atoms with Gasteiger partial charge < -0.3 is 9.84 Å². The summed E-state index contributed by atoms with van der Waals surface area (Å²) >= 11 is 1.34. The molecule has 6 nitrogen and oxygen atoms in total. The SMILES string of the molecule is COc1c(C2CC=NS2)ccc(CS(=O)(=O)c2ccccc2)c1C(=O)O. The molecule has 0 saturated carbocycles. The van der Waals surface area contributed by atoms with Crippen molar-refractivity contribution in [2.24, 2.45) is 4.40 Å². The van der Waals surface area contributed by atoms with Gasteiger partial charge in [0, 0.05) is 18.2 Å². The van der Waals surface area contributed by atoms with Gasteiger partial charge in [-0.05, 0) is 29.6 Å². The Kier molecular flexibility index (Phi) is 5.33. The van der Waals surface area contributed by atoms with Crippen LogP contribution in [0.15, 0.2) is 51.8 Å². The Hall–Kier alpha value is -2.32. The molecule has 1 N–H and O–H groups in total. The number of carboxylic acids is 1. The maximum absolute atomic E-state index is 12.7. The minimum atomic E-state index is -3.67. The van der Waals surface area contributed by atoms with Crippen LogP contribution in [-0.4, -0.2) is 32.8 Å². The van der Waals surface area contributed by atoms with Gasteiger partial charge in [-0.1, -0.05) is 30.3 Å². The fourth-order valence-corrected chi connectivity index (χ4v) is 5.04. The highest BCUT2D eigenvalue weighted by Gasteiger charge is 2.28. The minimum Gasteiger partial charge on any atom is -0.496 e. The average Bonchev–Trinajstić information content (AvgIpc) is 3.15. The molecule has 1 aliphatic heterocycles. The van der Waals surface area contributed by atoms with Gasteiger partial charge in [-0.3, -0.25) is 0 Å². The number of benzene rings is 2. The Labute approximate surface area is 156 Å². The topological polar surface area (TPSA) is 93.0 Å². The molecule has 0 spiro atoms. The molecule has 8 heteroatoms. The van der Waals surface area contributed by atoms with Crippen LogP contribution in [0.4, 0.5) is 0 Å². The molecular weight excluding hydrogens is 374 g/mol. The van der Waals surface area contributed by atoms with Gasteiger partial charge in [0.25, 0.3) is 0 Å². The van der Waals surface area contributed by atoms with E-state index in [0.717, 1.165) is 0 Å². The molecule has 136 valence electrons. The van der Waals surface area contributed by atoms with Crippen LogP contribution in [0.3, 0.4) is 0 Å². The smallest absolute Gasteiger partial charge is 0.339 e. The lowest BCUT2D eigenvalue weighted by Crippen LogP contribution is -2.13. The molecule has 0 aliphatic carbocycles. The van der Waals surface area contributed by atoms with Crippen LogP contribution in [-0.2, 0) is 15.6 Å². The van der Waals surface area contributed by atoms with E-state index in [-0.39, 0.29) is 27.0 Å². The van der Waals surface area contributed by atoms with Crippen molar-refractivity contribution in [2.75, 3.05) is 7.11 Å². The first-order valence-corrected chi connectivity index (χ1v) is 10.3. The van der Waals surface area contributed by atoms with E-state index in [2.05, 4.69) is 4.40 Å². The summed E-state index contributed by atoms with van der Waals surface area (Å²) in [5.74, 6) is -1.43. The first kappa shape index (κ1) is 18.5. The largest absolute Gasteiger partial charge is 0.496 e. The second-order valence-corrected chi connectivity index (χ2v) is 8.70. The molecule has 1 atom stereocenters. The Morgan fingerprint density at radius 3 is 2.58 bits per heavy atom. The molecule has 2 aromatic rings. The predicted octanol–water partition coefficient (Wildman–Crippen LogP) is 3.53. The number of nitrogens with zero attached hydrogens (tertiary/aromatic N) is 1. The first-order chi connectivity index (χ1) is 12.4. The summed E-state index contributed by atoms with van der Waals surface area (Å²) in [5.41, 5.74) is 0.788. The van der Waals surface area contributed by atoms with Gasteiger partial charge >= 0.3 is 5.97 Å². The minimum absolute atomic E-state index is 0.0390. The summed E-state index contributed by atoms with van der Waals surface area (Å²) in [6, 6.07) is 11.3. The van der Waals surface area contributed by atoms with Gasteiger partial charge in [0.2, 0.25) is 0 Å². The number of methoxy groups -OCH3 is 1. The third kappa shape index (κ3) is 3.61. The number of ether oxygens (including phenoxy) is 1. The van der Waals surface area contributed by atoms with Gasteiger partial charge in [-0.15, -0.1) is 0 Å². The van der Waals surface area contributed by atoms with Crippen LogP contribution in [0.2, 0.25) is 0 Å². The van der Waals surface area contributed by atoms with Gasteiger partial charge in [-0.2, -0.15) is 0 Å². The maximum atomic E-state index is 12.7. The van der Waals surface area contributed by atoms with Crippen molar-refractivity contribution in [1.29, 1.82) is 0 Å². The highest BCUT2D eigenvalue weighted by atomic mass is 32.2. The molecule has 1 heterocycles. The van der Waals surface area contributed by atoms with Gasteiger partial charge in [0.05, 0.1) is 23.0 Å². The molecule has 0 amide bonds. The summed E-state index contributed by atoms with van der Waals surface area (Å²) in [4.78, 5) is 12.0. The second kappa shape index (κ2) is 7.51. The maximum Gasteiger partial charge on any atom is 0.339 e. The van der Waals surface area contributed by atoms with Crippen molar-refractivity contribution in [3.05, 3.63) is 59.2 Å². The second-order valence-electron chi connectivity index (χ2n) is 5.72. The normalized spacial score (nSPS) is 16.6. The van der Waals surface area contributed by atoms with E-state index in [1.807, 2.05) is 0 Å². The quantitative estimate of drug-likeness (QED) is 0.757. The Morgan fingerprint density at radius 2 is 2.00 bits per heavy atom. The highest BCUT2D eigenvalue weighted by molar-refractivity contribution is 7.98. The van der Waals surface area contributed by atoms with Gasteiger partial charge in [0.1, 0.15) is 11.3 Å². The van der Waals surface area contributed by atoms with E-state index < -0.39 is 21.6 Å². The van der Waals surface area contributed by atoms with E-state index in [1.165, 1.54) is 31.2 Å².